The molecule has 0 aliphatic carbocycles. The topological polar surface area (TPSA) is 50.8 Å². The second kappa shape index (κ2) is 9.32. The Bertz CT molecular complexity index is 286. The lowest BCUT2D eigenvalue weighted by Crippen LogP contribution is -2.49. The molecule has 1 N–H and O–H groups in total. The van der Waals surface area contributed by atoms with Crippen LogP contribution in [-0.4, -0.2) is 62.9 Å². The molecule has 1 amide bonds. The Balaban J connectivity index is 2.66. The molecule has 5 nitrogen and oxygen atoms in total. The highest BCUT2D eigenvalue weighted by molar-refractivity contribution is 5.80. The molecular formula is C15H30N2O3. The number of methoxy groups -OCH3 is 1. The van der Waals surface area contributed by atoms with Crippen molar-refractivity contribution in [2.45, 2.75) is 45.7 Å². The van der Waals surface area contributed by atoms with Crippen molar-refractivity contribution in [3.05, 3.63) is 0 Å². The van der Waals surface area contributed by atoms with Crippen LogP contribution in [0, 0.1) is 5.92 Å². The van der Waals surface area contributed by atoms with Crippen molar-refractivity contribution in [2.75, 3.05) is 40.0 Å². The summed E-state index contributed by atoms with van der Waals surface area (Å²) >= 11 is 0. The Morgan fingerprint density at radius 3 is 2.80 bits per heavy atom. The van der Waals surface area contributed by atoms with Gasteiger partial charge in [-0.25, -0.2) is 0 Å². The number of nitrogens with zero attached hydrogens (tertiary/aromatic N) is 1. The fraction of sp³-hybridized carbons (Fsp3) is 0.933. The SMILES string of the molecule is CCCNC1COCC1C(=O)N(CCOC)C(C)CC. The summed E-state index contributed by atoms with van der Waals surface area (Å²) in [5.74, 6) is 0.134. The van der Waals surface area contributed by atoms with Crippen LogP contribution in [-0.2, 0) is 14.3 Å². The van der Waals surface area contributed by atoms with Crippen LogP contribution in [0.25, 0.3) is 0 Å². The first kappa shape index (κ1) is 17.4. The number of amides is 1. The van der Waals surface area contributed by atoms with Gasteiger partial charge >= 0.3 is 0 Å². The van der Waals surface area contributed by atoms with E-state index in [0.717, 1.165) is 19.4 Å². The zero-order valence-electron chi connectivity index (χ0n) is 13.4. The minimum atomic E-state index is -0.0626. The van der Waals surface area contributed by atoms with Crippen molar-refractivity contribution in [3.63, 3.8) is 0 Å². The van der Waals surface area contributed by atoms with Gasteiger partial charge in [-0.2, -0.15) is 0 Å². The monoisotopic (exact) mass is 286 g/mol. The van der Waals surface area contributed by atoms with Gasteiger partial charge in [-0.1, -0.05) is 13.8 Å². The minimum Gasteiger partial charge on any atom is -0.383 e. The van der Waals surface area contributed by atoms with E-state index >= 15 is 0 Å². The molecule has 1 rings (SSSR count). The molecule has 3 unspecified atom stereocenters. The van der Waals surface area contributed by atoms with E-state index in [-0.39, 0.29) is 23.9 Å². The van der Waals surface area contributed by atoms with Crippen LogP contribution < -0.4 is 5.32 Å². The molecule has 1 saturated heterocycles. The molecular weight excluding hydrogens is 256 g/mol. The summed E-state index contributed by atoms with van der Waals surface area (Å²) in [6.07, 6.45) is 2.02. The lowest BCUT2D eigenvalue weighted by molar-refractivity contribution is -0.138. The third-order valence-corrected chi connectivity index (χ3v) is 4.00. The molecule has 5 heteroatoms. The van der Waals surface area contributed by atoms with Crippen molar-refractivity contribution in [1.29, 1.82) is 0 Å². The van der Waals surface area contributed by atoms with Crippen LogP contribution in [0.4, 0.5) is 0 Å². The van der Waals surface area contributed by atoms with E-state index in [4.69, 9.17) is 9.47 Å². The Labute approximate surface area is 123 Å². The van der Waals surface area contributed by atoms with Gasteiger partial charge in [0.05, 0.1) is 25.7 Å². The third kappa shape index (κ3) is 4.72. The van der Waals surface area contributed by atoms with E-state index in [1.807, 2.05) is 4.90 Å². The number of carbonyl (C=O) groups excluding carboxylic acids is 1. The molecule has 1 heterocycles. The summed E-state index contributed by atoms with van der Waals surface area (Å²) in [5, 5.41) is 3.43. The normalized spacial score (nSPS) is 23.8. The molecule has 1 aliphatic heterocycles. The fourth-order valence-electron chi connectivity index (χ4n) is 2.50. The van der Waals surface area contributed by atoms with Gasteiger partial charge in [0, 0.05) is 25.7 Å². The summed E-state index contributed by atoms with van der Waals surface area (Å²) in [5.41, 5.74) is 0. The van der Waals surface area contributed by atoms with Crippen LogP contribution >= 0.6 is 0 Å². The van der Waals surface area contributed by atoms with Crippen molar-refractivity contribution >= 4 is 5.91 Å². The molecule has 1 aliphatic rings. The number of ether oxygens (including phenoxy) is 2. The summed E-state index contributed by atoms with van der Waals surface area (Å²) in [4.78, 5) is 14.7. The van der Waals surface area contributed by atoms with Crippen LogP contribution in [0.5, 0.6) is 0 Å². The molecule has 3 atom stereocenters. The van der Waals surface area contributed by atoms with Crippen LogP contribution in [0.15, 0.2) is 0 Å². The second-order valence-corrected chi connectivity index (χ2v) is 5.49. The number of hydrogen-bond acceptors (Lipinski definition) is 4. The maximum atomic E-state index is 12.8. The summed E-state index contributed by atoms with van der Waals surface area (Å²) in [7, 11) is 1.67. The van der Waals surface area contributed by atoms with Gasteiger partial charge in [0.1, 0.15) is 0 Å². The lowest BCUT2D eigenvalue weighted by atomic mass is 10.0. The van der Waals surface area contributed by atoms with E-state index in [1.54, 1.807) is 7.11 Å². The number of nitrogens with one attached hydrogen (secondary N) is 1. The highest BCUT2D eigenvalue weighted by Crippen LogP contribution is 2.19. The van der Waals surface area contributed by atoms with Crippen LogP contribution in [0.1, 0.15) is 33.6 Å². The summed E-state index contributed by atoms with van der Waals surface area (Å²) in [6, 6.07) is 0.390. The highest BCUT2D eigenvalue weighted by Gasteiger charge is 2.37. The molecule has 0 saturated carbocycles. The van der Waals surface area contributed by atoms with Gasteiger partial charge in [0.15, 0.2) is 0 Å². The highest BCUT2D eigenvalue weighted by atomic mass is 16.5. The molecule has 0 aromatic carbocycles. The zero-order chi connectivity index (χ0) is 15.0. The Morgan fingerprint density at radius 2 is 2.20 bits per heavy atom. The molecule has 0 aromatic heterocycles. The summed E-state index contributed by atoms with van der Waals surface area (Å²) < 4.78 is 10.6. The van der Waals surface area contributed by atoms with Gasteiger partial charge in [-0.05, 0) is 26.3 Å². The van der Waals surface area contributed by atoms with Crippen molar-refractivity contribution < 1.29 is 14.3 Å². The molecule has 0 aromatic rings. The Kier molecular flexibility index (Phi) is 8.11. The maximum absolute atomic E-state index is 12.8. The van der Waals surface area contributed by atoms with E-state index in [0.29, 0.717) is 26.4 Å². The Morgan fingerprint density at radius 1 is 1.45 bits per heavy atom. The van der Waals surface area contributed by atoms with Crippen molar-refractivity contribution in [3.8, 4) is 0 Å². The fourth-order valence-corrected chi connectivity index (χ4v) is 2.50. The smallest absolute Gasteiger partial charge is 0.230 e. The lowest BCUT2D eigenvalue weighted by Gasteiger charge is -2.32. The second-order valence-electron chi connectivity index (χ2n) is 5.49. The first-order chi connectivity index (χ1) is 9.65. The largest absolute Gasteiger partial charge is 0.383 e. The maximum Gasteiger partial charge on any atom is 0.230 e. The number of rotatable bonds is 9. The molecule has 0 bridgehead atoms. The first-order valence-electron chi connectivity index (χ1n) is 7.76. The van der Waals surface area contributed by atoms with Crippen molar-refractivity contribution in [1.82, 2.24) is 10.2 Å². The quantitative estimate of drug-likeness (QED) is 0.693. The van der Waals surface area contributed by atoms with E-state index in [1.165, 1.54) is 0 Å². The predicted octanol–water partition coefficient (Wildman–Crippen LogP) is 1.27. The van der Waals surface area contributed by atoms with Crippen LogP contribution in [0.2, 0.25) is 0 Å². The number of carbonyl (C=O) groups is 1. The minimum absolute atomic E-state index is 0.0626. The average molecular weight is 286 g/mol. The third-order valence-electron chi connectivity index (χ3n) is 4.00. The molecule has 0 spiro atoms. The van der Waals surface area contributed by atoms with Crippen LogP contribution in [0.3, 0.4) is 0 Å². The molecule has 118 valence electrons. The number of hydrogen-bond donors (Lipinski definition) is 1. The Hall–Kier alpha value is -0.650. The standard InChI is InChI=1S/C15H30N2O3/c1-5-7-16-14-11-20-10-13(14)15(18)17(8-9-19-4)12(3)6-2/h12-14,16H,5-11H2,1-4H3. The average Bonchev–Trinajstić information content (AvgIpc) is 2.93. The van der Waals surface area contributed by atoms with Gasteiger partial charge < -0.3 is 19.7 Å². The van der Waals surface area contributed by atoms with Gasteiger partial charge in [-0.15, -0.1) is 0 Å². The van der Waals surface area contributed by atoms with E-state index < -0.39 is 0 Å². The summed E-state index contributed by atoms with van der Waals surface area (Å²) in [6.45, 7) is 9.66. The van der Waals surface area contributed by atoms with Gasteiger partial charge in [0.25, 0.3) is 0 Å². The van der Waals surface area contributed by atoms with Gasteiger partial charge in [0.2, 0.25) is 5.91 Å². The zero-order valence-corrected chi connectivity index (χ0v) is 13.4. The predicted molar refractivity (Wildman–Crippen MR) is 79.7 cm³/mol. The van der Waals surface area contributed by atoms with E-state index in [2.05, 4.69) is 26.1 Å². The molecule has 20 heavy (non-hydrogen) atoms. The molecule has 0 radical (unpaired) electrons. The van der Waals surface area contributed by atoms with Gasteiger partial charge in [-0.3, -0.25) is 4.79 Å². The first-order valence-corrected chi connectivity index (χ1v) is 7.76. The van der Waals surface area contributed by atoms with E-state index in [9.17, 15) is 4.79 Å². The molecule has 1 fully saturated rings. The van der Waals surface area contributed by atoms with Crippen molar-refractivity contribution in [2.24, 2.45) is 5.92 Å².